The lowest BCUT2D eigenvalue weighted by atomic mass is 10.1. The number of aromatic amines is 1. The highest BCUT2D eigenvalue weighted by atomic mass is 19.1. The second-order valence-corrected chi connectivity index (χ2v) is 6.64. The Hall–Kier alpha value is -2.35. The van der Waals surface area contributed by atoms with Crippen molar-refractivity contribution in [1.82, 2.24) is 14.9 Å². The van der Waals surface area contributed by atoms with Crippen molar-refractivity contribution in [3.8, 4) is 5.75 Å². The maximum absolute atomic E-state index is 15.2. The maximum atomic E-state index is 15.2. The molecule has 1 aromatic heterocycles. The number of piperazine rings is 1. The molecular weight excluding hydrogens is 327 g/mol. The lowest BCUT2D eigenvalue weighted by molar-refractivity contribution is 0.410. The molecule has 0 bridgehead atoms. The summed E-state index contributed by atoms with van der Waals surface area (Å²) in [7, 11) is 1.46. The standard InChI is InChI=1S/C17H21FN4O3/c1-9-11-13(22(10-3-4-10)17(24)20-16(11)23)15(25-2)14(12(9)18)21-7-5-19-6-8-21/h10,19H,3-8H2,1-2H3,(H,20,23,24). The molecule has 7 nitrogen and oxygen atoms in total. The highest BCUT2D eigenvalue weighted by Gasteiger charge is 2.32. The Balaban J connectivity index is 2.13. The summed E-state index contributed by atoms with van der Waals surface area (Å²) >= 11 is 0. The highest BCUT2D eigenvalue weighted by molar-refractivity contribution is 5.93. The van der Waals surface area contributed by atoms with E-state index >= 15 is 4.39 Å². The SMILES string of the molecule is COc1c(N2CCNCC2)c(F)c(C)c2c(=O)[nH]c(=O)n(C3CC3)c12. The van der Waals surface area contributed by atoms with E-state index in [4.69, 9.17) is 4.74 Å². The topological polar surface area (TPSA) is 79.4 Å². The summed E-state index contributed by atoms with van der Waals surface area (Å²) in [5.74, 6) is -0.187. The number of nitrogens with zero attached hydrogens (tertiary/aromatic N) is 2. The number of hydrogen-bond acceptors (Lipinski definition) is 5. The number of rotatable bonds is 3. The van der Waals surface area contributed by atoms with E-state index in [1.165, 1.54) is 7.11 Å². The minimum atomic E-state index is -0.571. The van der Waals surface area contributed by atoms with Crippen molar-refractivity contribution in [2.24, 2.45) is 0 Å². The quantitative estimate of drug-likeness (QED) is 0.861. The fourth-order valence-corrected chi connectivity index (χ4v) is 3.66. The van der Waals surface area contributed by atoms with Crippen LogP contribution in [0.2, 0.25) is 0 Å². The first-order valence-electron chi connectivity index (χ1n) is 8.54. The number of aryl methyl sites for hydroxylation is 1. The summed E-state index contributed by atoms with van der Waals surface area (Å²) in [5.41, 5.74) is -0.0337. The van der Waals surface area contributed by atoms with E-state index in [2.05, 4.69) is 10.3 Å². The highest BCUT2D eigenvalue weighted by Crippen LogP contribution is 2.43. The van der Waals surface area contributed by atoms with Gasteiger partial charge in [-0.25, -0.2) is 9.18 Å². The van der Waals surface area contributed by atoms with E-state index in [-0.39, 0.29) is 22.7 Å². The number of fused-ring (bicyclic) bond motifs is 1. The minimum Gasteiger partial charge on any atom is -0.492 e. The first-order chi connectivity index (χ1) is 12.0. The first-order valence-corrected chi connectivity index (χ1v) is 8.54. The zero-order valence-corrected chi connectivity index (χ0v) is 14.3. The number of methoxy groups -OCH3 is 1. The number of benzene rings is 1. The van der Waals surface area contributed by atoms with E-state index in [0.29, 0.717) is 24.3 Å². The zero-order chi connectivity index (χ0) is 17.7. The van der Waals surface area contributed by atoms with Crippen molar-refractivity contribution >= 4 is 16.6 Å². The van der Waals surface area contributed by atoms with Crippen LogP contribution in [0.5, 0.6) is 5.75 Å². The van der Waals surface area contributed by atoms with Gasteiger partial charge in [0.2, 0.25) is 0 Å². The summed E-state index contributed by atoms with van der Waals surface area (Å²) in [6.07, 6.45) is 1.73. The molecule has 2 N–H and O–H groups in total. The van der Waals surface area contributed by atoms with Crippen molar-refractivity contribution in [3.63, 3.8) is 0 Å². The molecule has 2 heterocycles. The predicted molar refractivity (Wildman–Crippen MR) is 93.4 cm³/mol. The van der Waals surface area contributed by atoms with E-state index < -0.39 is 17.1 Å². The monoisotopic (exact) mass is 348 g/mol. The molecule has 2 aromatic rings. The molecule has 25 heavy (non-hydrogen) atoms. The van der Waals surface area contributed by atoms with Crippen LogP contribution >= 0.6 is 0 Å². The average molecular weight is 348 g/mol. The Morgan fingerprint density at radius 2 is 1.88 bits per heavy atom. The van der Waals surface area contributed by atoms with Gasteiger partial charge in [0.15, 0.2) is 11.6 Å². The molecule has 1 aromatic carbocycles. The van der Waals surface area contributed by atoms with E-state index in [1.54, 1.807) is 11.5 Å². The normalized spacial score (nSPS) is 18.0. The van der Waals surface area contributed by atoms with Crippen LogP contribution < -0.4 is 26.2 Å². The molecule has 1 saturated carbocycles. The molecule has 1 aliphatic carbocycles. The van der Waals surface area contributed by atoms with Crippen LogP contribution in [-0.2, 0) is 0 Å². The van der Waals surface area contributed by atoms with E-state index in [1.807, 2.05) is 4.90 Å². The lowest BCUT2D eigenvalue weighted by Crippen LogP contribution is -2.44. The lowest BCUT2D eigenvalue weighted by Gasteiger charge is -2.32. The molecule has 2 aliphatic rings. The molecule has 0 atom stereocenters. The van der Waals surface area contributed by atoms with Gasteiger partial charge in [0, 0.05) is 37.8 Å². The number of ether oxygens (including phenoxy) is 1. The Morgan fingerprint density at radius 3 is 2.48 bits per heavy atom. The summed E-state index contributed by atoms with van der Waals surface area (Å²) in [6, 6.07) is 0.0292. The van der Waals surface area contributed by atoms with Gasteiger partial charge < -0.3 is 15.0 Å². The van der Waals surface area contributed by atoms with Crippen LogP contribution in [0.3, 0.4) is 0 Å². The third kappa shape index (κ3) is 2.43. The molecule has 8 heteroatoms. The molecule has 0 amide bonds. The number of H-pyrrole nitrogens is 1. The van der Waals surface area contributed by atoms with Gasteiger partial charge in [0.1, 0.15) is 11.2 Å². The van der Waals surface area contributed by atoms with Crippen LogP contribution in [0, 0.1) is 12.7 Å². The van der Waals surface area contributed by atoms with Gasteiger partial charge in [-0.2, -0.15) is 0 Å². The number of hydrogen-bond donors (Lipinski definition) is 2. The van der Waals surface area contributed by atoms with E-state index in [0.717, 1.165) is 25.9 Å². The molecule has 1 saturated heterocycles. The Kier molecular flexibility index (Phi) is 3.79. The predicted octanol–water partition coefficient (Wildman–Crippen LogP) is 0.890. The summed E-state index contributed by atoms with van der Waals surface area (Å²) in [4.78, 5) is 29.1. The molecule has 1 aliphatic heterocycles. The third-order valence-corrected chi connectivity index (χ3v) is 5.04. The van der Waals surface area contributed by atoms with Crippen LogP contribution in [0.25, 0.3) is 10.9 Å². The largest absolute Gasteiger partial charge is 0.492 e. The van der Waals surface area contributed by atoms with Gasteiger partial charge in [-0.15, -0.1) is 0 Å². The maximum Gasteiger partial charge on any atom is 0.329 e. The molecule has 134 valence electrons. The number of aromatic nitrogens is 2. The molecule has 0 spiro atoms. The van der Waals surface area contributed by atoms with Crippen molar-refractivity contribution in [3.05, 3.63) is 32.2 Å². The Bertz CT molecular complexity index is 955. The number of nitrogens with one attached hydrogen (secondary N) is 2. The van der Waals surface area contributed by atoms with E-state index in [9.17, 15) is 9.59 Å². The molecule has 4 rings (SSSR count). The van der Waals surface area contributed by atoms with Crippen molar-refractivity contribution in [2.45, 2.75) is 25.8 Å². The molecule has 0 radical (unpaired) electrons. The first kappa shape index (κ1) is 16.1. The number of anilines is 1. The van der Waals surface area contributed by atoms with Gasteiger partial charge in [0.25, 0.3) is 5.56 Å². The zero-order valence-electron chi connectivity index (χ0n) is 14.3. The van der Waals surface area contributed by atoms with Crippen molar-refractivity contribution < 1.29 is 9.13 Å². The second-order valence-electron chi connectivity index (χ2n) is 6.64. The van der Waals surface area contributed by atoms with Gasteiger partial charge in [-0.1, -0.05) is 0 Å². The van der Waals surface area contributed by atoms with Crippen LogP contribution in [0.15, 0.2) is 9.59 Å². The average Bonchev–Trinajstić information content (AvgIpc) is 3.43. The number of halogens is 1. The van der Waals surface area contributed by atoms with Gasteiger partial charge in [-0.3, -0.25) is 14.3 Å². The smallest absolute Gasteiger partial charge is 0.329 e. The van der Waals surface area contributed by atoms with Crippen LogP contribution in [0.1, 0.15) is 24.4 Å². The van der Waals surface area contributed by atoms with Crippen LogP contribution in [0.4, 0.5) is 10.1 Å². The Morgan fingerprint density at radius 1 is 1.20 bits per heavy atom. The van der Waals surface area contributed by atoms with Gasteiger partial charge in [0.05, 0.1) is 12.5 Å². The Labute approximate surface area is 143 Å². The fourth-order valence-electron chi connectivity index (χ4n) is 3.66. The minimum absolute atomic E-state index is 0.0292. The van der Waals surface area contributed by atoms with Gasteiger partial charge in [-0.05, 0) is 19.8 Å². The van der Waals surface area contributed by atoms with Crippen LogP contribution in [-0.4, -0.2) is 42.8 Å². The van der Waals surface area contributed by atoms with Crippen molar-refractivity contribution in [1.29, 1.82) is 0 Å². The molecule has 0 unspecified atom stereocenters. The summed E-state index contributed by atoms with van der Waals surface area (Å²) in [6.45, 7) is 4.33. The summed E-state index contributed by atoms with van der Waals surface area (Å²) < 4.78 is 22.3. The third-order valence-electron chi connectivity index (χ3n) is 5.04. The molecule has 2 fully saturated rings. The van der Waals surface area contributed by atoms with Crippen molar-refractivity contribution in [2.75, 3.05) is 38.2 Å². The molecular formula is C17H21FN4O3. The summed E-state index contributed by atoms with van der Waals surface area (Å²) in [5, 5.41) is 3.43. The second kappa shape index (κ2) is 5.87. The fraction of sp³-hybridized carbons (Fsp3) is 0.529. The van der Waals surface area contributed by atoms with Gasteiger partial charge >= 0.3 is 5.69 Å².